The molecule has 0 bridgehead atoms. The Hall–Kier alpha value is -3.59. The first-order valence-corrected chi connectivity index (χ1v) is 11.3. The van der Waals surface area contributed by atoms with Crippen LogP contribution in [0.2, 0.25) is 0 Å². The molecule has 0 radical (unpaired) electrons. The number of carbonyl (C=O) groups is 2. The average molecular weight is 469 g/mol. The number of hydrogen-bond acceptors (Lipinski definition) is 8. The molecule has 1 amide bonds. The van der Waals surface area contributed by atoms with Crippen molar-refractivity contribution in [1.29, 1.82) is 0 Å². The van der Waals surface area contributed by atoms with E-state index >= 15 is 0 Å². The molecule has 0 N–H and O–H groups in total. The van der Waals surface area contributed by atoms with Crippen LogP contribution in [0.5, 0.6) is 17.2 Å². The summed E-state index contributed by atoms with van der Waals surface area (Å²) >= 11 is 1.45. The summed E-state index contributed by atoms with van der Waals surface area (Å²) < 4.78 is 21.4. The second-order valence-electron chi connectivity index (χ2n) is 7.31. The third-order valence-corrected chi connectivity index (χ3v) is 6.08. The topological polar surface area (TPSA) is 87.2 Å². The molecular formula is C24H24N2O6S. The lowest BCUT2D eigenvalue weighted by atomic mass is 10.2. The Bertz CT molecular complexity index is 1130. The van der Waals surface area contributed by atoms with Crippen LogP contribution in [0, 0.1) is 0 Å². The van der Waals surface area contributed by atoms with Gasteiger partial charge >= 0.3 is 5.97 Å². The maximum absolute atomic E-state index is 12.1. The summed E-state index contributed by atoms with van der Waals surface area (Å²) in [5, 5.41) is 2.63. The van der Waals surface area contributed by atoms with Gasteiger partial charge in [-0.25, -0.2) is 9.78 Å². The Labute approximate surface area is 195 Å². The number of carbonyl (C=O) groups excluding carboxylic acids is 2. The molecule has 172 valence electrons. The van der Waals surface area contributed by atoms with Gasteiger partial charge in [-0.3, -0.25) is 4.79 Å². The van der Waals surface area contributed by atoms with E-state index in [1.165, 1.54) is 11.3 Å². The van der Waals surface area contributed by atoms with Gasteiger partial charge in [-0.15, -0.1) is 11.3 Å². The molecule has 33 heavy (non-hydrogen) atoms. The highest BCUT2D eigenvalue weighted by atomic mass is 32.1. The first-order valence-electron chi connectivity index (χ1n) is 10.4. The molecule has 1 fully saturated rings. The molecule has 0 aliphatic carbocycles. The largest absolute Gasteiger partial charge is 0.493 e. The molecule has 2 heterocycles. The van der Waals surface area contributed by atoms with E-state index in [0.29, 0.717) is 29.4 Å². The number of benzene rings is 2. The van der Waals surface area contributed by atoms with Gasteiger partial charge < -0.3 is 23.8 Å². The van der Waals surface area contributed by atoms with Gasteiger partial charge in [-0.05, 0) is 48.9 Å². The molecule has 1 aromatic heterocycles. The molecule has 8 nitrogen and oxygen atoms in total. The summed E-state index contributed by atoms with van der Waals surface area (Å²) in [5.74, 6) is 1.44. The first-order chi connectivity index (χ1) is 16.1. The predicted molar refractivity (Wildman–Crippen MR) is 124 cm³/mol. The van der Waals surface area contributed by atoms with E-state index in [4.69, 9.17) is 18.9 Å². The van der Waals surface area contributed by atoms with Crippen LogP contribution in [-0.2, 0) is 20.9 Å². The molecule has 1 saturated heterocycles. The van der Waals surface area contributed by atoms with E-state index in [1.54, 1.807) is 31.3 Å². The molecular weight excluding hydrogens is 444 g/mol. The minimum absolute atomic E-state index is 0.0575. The van der Waals surface area contributed by atoms with Gasteiger partial charge in [0.2, 0.25) is 5.91 Å². The van der Waals surface area contributed by atoms with Crippen LogP contribution in [0.15, 0.2) is 47.8 Å². The van der Waals surface area contributed by atoms with E-state index < -0.39 is 5.97 Å². The zero-order chi connectivity index (χ0) is 23.2. The lowest BCUT2D eigenvalue weighted by Crippen LogP contribution is -2.23. The monoisotopic (exact) mass is 468 g/mol. The Morgan fingerprint density at radius 1 is 1.09 bits per heavy atom. The Kier molecular flexibility index (Phi) is 7.09. The second-order valence-corrected chi connectivity index (χ2v) is 8.16. The molecule has 0 atom stereocenters. The molecule has 2 aromatic carbocycles. The molecule has 0 spiro atoms. The van der Waals surface area contributed by atoms with Crippen LogP contribution in [0.4, 0.5) is 5.69 Å². The number of nitrogens with zero attached hydrogens (tertiary/aromatic N) is 2. The third-order valence-electron chi connectivity index (χ3n) is 5.14. The number of methoxy groups -OCH3 is 2. The van der Waals surface area contributed by atoms with Crippen molar-refractivity contribution in [2.24, 2.45) is 0 Å². The van der Waals surface area contributed by atoms with Crippen molar-refractivity contribution in [3.05, 3.63) is 53.5 Å². The van der Waals surface area contributed by atoms with Crippen molar-refractivity contribution < 1.29 is 28.5 Å². The highest BCUT2D eigenvalue weighted by molar-refractivity contribution is 7.13. The molecule has 0 unspecified atom stereocenters. The first kappa shape index (κ1) is 22.6. The fourth-order valence-corrected chi connectivity index (χ4v) is 4.26. The smallest absolute Gasteiger partial charge is 0.344 e. The Morgan fingerprint density at radius 3 is 2.58 bits per heavy atom. The van der Waals surface area contributed by atoms with E-state index in [9.17, 15) is 9.59 Å². The number of thiazole rings is 1. The average Bonchev–Trinajstić information content (AvgIpc) is 3.50. The normalized spacial score (nSPS) is 13.2. The lowest BCUT2D eigenvalue weighted by Gasteiger charge is -2.16. The number of amides is 1. The van der Waals surface area contributed by atoms with Crippen molar-refractivity contribution in [1.82, 2.24) is 4.98 Å². The minimum Gasteiger partial charge on any atom is -0.493 e. The minimum atomic E-state index is -0.491. The zero-order valence-electron chi connectivity index (χ0n) is 18.4. The maximum Gasteiger partial charge on any atom is 0.344 e. The number of anilines is 1. The molecule has 9 heteroatoms. The SMILES string of the molecule is COc1ccc(-c2nc(COC(=O)COc3ccc(N4CCCC4=O)cc3)cs2)cc1OC. The van der Waals surface area contributed by atoms with E-state index in [1.807, 2.05) is 35.7 Å². The molecule has 0 saturated carbocycles. The summed E-state index contributed by atoms with van der Waals surface area (Å²) in [6.45, 7) is 0.576. The summed E-state index contributed by atoms with van der Waals surface area (Å²) in [5.41, 5.74) is 2.37. The fourth-order valence-electron chi connectivity index (χ4n) is 3.46. The van der Waals surface area contributed by atoms with Gasteiger partial charge in [0.15, 0.2) is 18.1 Å². The Morgan fingerprint density at radius 2 is 1.88 bits per heavy atom. The van der Waals surface area contributed by atoms with Crippen LogP contribution in [0.25, 0.3) is 10.6 Å². The van der Waals surface area contributed by atoms with Crippen molar-refractivity contribution >= 4 is 28.9 Å². The summed E-state index contributed by atoms with van der Waals surface area (Å²) in [4.78, 5) is 30.2. The van der Waals surface area contributed by atoms with Gasteiger partial charge in [-0.2, -0.15) is 0 Å². The van der Waals surface area contributed by atoms with Crippen LogP contribution in [0.1, 0.15) is 18.5 Å². The molecule has 4 rings (SSSR count). The van der Waals surface area contributed by atoms with E-state index in [0.717, 1.165) is 29.2 Å². The van der Waals surface area contributed by atoms with Crippen LogP contribution in [0.3, 0.4) is 0 Å². The standard InChI is InChI=1S/C24H24N2O6S/c1-29-20-10-5-16(12-21(20)30-2)24-25-17(15-33-24)13-32-23(28)14-31-19-8-6-18(7-9-19)26-11-3-4-22(26)27/h5-10,12,15H,3-4,11,13-14H2,1-2H3. The van der Waals surface area contributed by atoms with Crippen molar-refractivity contribution in [3.63, 3.8) is 0 Å². The zero-order valence-corrected chi connectivity index (χ0v) is 19.2. The molecule has 1 aliphatic heterocycles. The molecule has 3 aromatic rings. The second kappa shape index (κ2) is 10.4. The van der Waals surface area contributed by atoms with E-state index in [2.05, 4.69) is 4.98 Å². The number of ether oxygens (including phenoxy) is 4. The maximum atomic E-state index is 12.1. The van der Waals surface area contributed by atoms with Crippen molar-refractivity contribution in [2.45, 2.75) is 19.4 Å². The number of aromatic nitrogens is 1. The van der Waals surface area contributed by atoms with Crippen LogP contribution in [-0.4, -0.2) is 44.2 Å². The van der Waals surface area contributed by atoms with Gasteiger partial charge in [0.1, 0.15) is 17.4 Å². The quantitative estimate of drug-likeness (QED) is 0.438. The highest BCUT2D eigenvalue weighted by Gasteiger charge is 2.21. The number of hydrogen-bond donors (Lipinski definition) is 0. The fraction of sp³-hybridized carbons (Fsp3) is 0.292. The third kappa shape index (κ3) is 5.43. The summed E-state index contributed by atoms with van der Waals surface area (Å²) in [6, 6.07) is 12.7. The van der Waals surface area contributed by atoms with Gasteiger partial charge in [0.25, 0.3) is 0 Å². The number of esters is 1. The van der Waals surface area contributed by atoms with Gasteiger partial charge in [0.05, 0.1) is 19.9 Å². The van der Waals surface area contributed by atoms with E-state index in [-0.39, 0.29) is 19.1 Å². The van der Waals surface area contributed by atoms with Crippen molar-refractivity contribution in [3.8, 4) is 27.8 Å². The lowest BCUT2D eigenvalue weighted by molar-refractivity contribution is -0.147. The van der Waals surface area contributed by atoms with Crippen LogP contribution < -0.4 is 19.1 Å². The summed E-state index contributed by atoms with van der Waals surface area (Å²) in [7, 11) is 3.17. The highest BCUT2D eigenvalue weighted by Crippen LogP contribution is 2.33. The van der Waals surface area contributed by atoms with Gasteiger partial charge in [-0.1, -0.05) is 0 Å². The Balaban J connectivity index is 1.27. The molecule has 1 aliphatic rings. The van der Waals surface area contributed by atoms with Crippen LogP contribution >= 0.6 is 11.3 Å². The van der Waals surface area contributed by atoms with Crippen molar-refractivity contribution in [2.75, 3.05) is 32.3 Å². The number of rotatable bonds is 9. The van der Waals surface area contributed by atoms with Gasteiger partial charge in [0, 0.05) is 29.6 Å². The summed E-state index contributed by atoms with van der Waals surface area (Å²) in [6.07, 6.45) is 1.45. The predicted octanol–water partition coefficient (Wildman–Crippen LogP) is 4.08.